The standard InChI is InChI=1S/C15H16OP/c1-2-13-17(16,14-9-5-3-6-10-14)15-11-7-4-8-12-15/h3-12H,1-2,13H2. The van der Waals surface area contributed by atoms with E-state index >= 15 is 0 Å². The smallest absolute Gasteiger partial charge is 0.143 e. The summed E-state index contributed by atoms with van der Waals surface area (Å²) in [5.41, 5.74) is 0. The van der Waals surface area contributed by atoms with Crippen molar-refractivity contribution in [2.75, 3.05) is 6.16 Å². The molecule has 87 valence electrons. The lowest BCUT2D eigenvalue weighted by Crippen LogP contribution is -2.18. The van der Waals surface area contributed by atoms with Crippen molar-refractivity contribution in [1.82, 2.24) is 0 Å². The van der Waals surface area contributed by atoms with E-state index in [9.17, 15) is 4.57 Å². The van der Waals surface area contributed by atoms with Crippen molar-refractivity contribution in [2.45, 2.75) is 6.42 Å². The van der Waals surface area contributed by atoms with Gasteiger partial charge in [-0.1, -0.05) is 67.6 Å². The molecule has 1 nitrogen and oxygen atoms in total. The first-order valence-corrected chi connectivity index (χ1v) is 7.66. The van der Waals surface area contributed by atoms with Gasteiger partial charge in [-0.15, -0.1) is 0 Å². The molecular formula is C15H16OP. The quantitative estimate of drug-likeness (QED) is 0.753. The van der Waals surface area contributed by atoms with Crippen LogP contribution in [-0.2, 0) is 4.57 Å². The highest BCUT2D eigenvalue weighted by atomic mass is 31.2. The predicted octanol–water partition coefficient (Wildman–Crippen LogP) is 3.22. The Morgan fingerprint density at radius 2 is 1.24 bits per heavy atom. The Bertz CT molecular complexity index is 461. The van der Waals surface area contributed by atoms with Gasteiger partial charge in [-0.25, -0.2) is 0 Å². The summed E-state index contributed by atoms with van der Waals surface area (Å²) in [7, 11) is -2.49. The van der Waals surface area contributed by atoms with Gasteiger partial charge in [-0.2, -0.15) is 0 Å². The SMILES string of the molecule is [CH2]CCP(=O)(c1ccccc1)c1ccccc1. The van der Waals surface area contributed by atoms with Crippen molar-refractivity contribution in [3.05, 3.63) is 67.6 Å². The Hall–Kier alpha value is -1.33. The summed E-state index contributed by atoms with van der Waals surface area (Å²) >= 11 is 0. The van der Waals surface area contributed by atoms with Gasteiger partial charge < -0.3 is 4.57 Å². The molecule has 0 aliphatic carbocycles. The molecule has 2 rings (SSSR count). The van der Waals surface area contributed by atoms with Crippen LogP contribution >= 0.6 is 7.14 Å². The van der Waals surface area contributed by atoms with Gasteiger partial charge in [0.05, 0.1) is 0 Å². The molecule has 0 N–H and O–H groups in total. The van der Waals surface area contributed by atoms with Crippen molar-refractivity contribution in [1.29, 1.82) is 0 Å². The summed E-state index contributed by atoms with van der Waals surface area (Å²) in [6, 6.07) is 19.4. The average molecular weight is 243 g/mol. The minimum Gasteiger partial charge on any atom is -0.314 e. The second kappa shape index (κ2) is 5.33. The van der Waals surface area contributed by atoms with E-state index in [0.29, 0.717) is 12.6 Å². The van der Waals surface area contributed by atoms with Gasteiger partial charge in [0, 0.05) is 16.8 Å². The molecule has 0 saturated heterocycles. The Morgan fingerprint density at radius 1 is 0.824 bits per heavy atom. The second-order valence-corrected chi connectivity index (χ2v) is 6.95. The van der Waals surface area contributed by atoms with Crippen LogP contribution in [0, 0.1) is 6.92 Å². The summed E-state index contributed by atoms with van der Waals surface area (Å²) in [5.74, 6) is 0. The molecule has 17 heavy (non-hydrogen) atoms. The van der Waals surface area contributed by atoms with Crippen LogP contribution < -0.4 is 10.6 Å². The van der Waals surface area contributed by atoms with Crippen LogP contribution in [0.5, 0.6) is 0 Å². The molecule has 0 aliphatic heterocycles. The van der Waals surface area contributed by atoms with E-state index in [1.165, 1.54) is 0 Å². The van der Waals surface area contributed by atoms with Crippen LogP contribution in [0.25, 0.3) is 0 Å². The third-order valence-corrected chi connectivity index (χ3v) is 6.03. The number of rotatable bonds is 4. The molecule has 2 aromatic rings. The second-order valence-electron chi connectivity index (χ2n) is 3.99. The number of hydrogen-bond donors (Lipinski definition) is 0. The van der Waals surface area contributed by atoms with E-state index in [0.717, 1.165) is 10.6 Å². The van der Waals surface area contributed by atoms with Gasteiger partial charge >= 0.3 is 0 Å². The van der Waals surface area contributed by atoms with Crippen LogP contribution in [0.15, 0.2) is 60.7 Å². The molecule has 0 unspecified atom stereocenters. The first-order valence-electron chi connectivity index (χ1n) is 5.77. The molecule has 2 heteroatoms. The van der Waals surface area contributed by atoms with E-state index in [1.807, 2.05) is 60.7 Å². The molecule has 0 fully saturated rings. The zero-order valence-electron chi connectivity index (χ0n) is 9.75. The lowest BCUT2D eigenvalue weighted by atomic mass is 10.4. The highest BCUT2D eigenvalue weighted by Gasteiger charge is 2.25. The van der Waals surface area contributed by atoms with E-state index in [-0.39, 0.29) is 0 Å². The van der Waals surface area contributed by atoms with Crippen LogP contribution in [0.4, 0.5) is 0 Å². The maximum atomic E-state index is 13.2. The Morgan fingerprint density at radius 3 is 1.59 bits per heavy atom. The van der Waals surface area contributed by atoms with Gasteiger partial charge in [0.25, 0.3) is 0 Å². The fourth-order valence-electron chi connectivity index (χ4n) is 1.97. The molecule has 2 aromatic carbocycles. The first kappa shape index (κ1) is 12.1. The lowest BCUT2D eigenvalue weighted by molar-refractivity contribution is 0.587. The maximum absolute atomic E-state index is 13.2. The van der Waals surface area contributed by atoms with Crippen molar-refractivity contribution in [3.63, 3.8) is 0 Å². The van der Waals surface area contributed by atoms with Gasteiger partial charge in [0.2, 0.25) is 0 Å². The first-order chi connectivity index (χ1) is 8.27. The Labute approximate surface area is 103 Å². The van der Waals surface area contributed by atoms with Crippen LogP contribution in [0.3, 0.4) is 0 Å². The topological polar surface area (TPSA) is 17.1 Å². The highest BCUT2D eigenvalue weighted by Crippen LogP contribution is 2.43. The largest absolute Gasteiger partial charge is 0.314 e. The Balaban J connectivity index is 2.51. The molecule has 0 heterocycles. The molecule has 0 atom stereocenters. The fourth-order valence-corrected chi connectivity index (χ4v) is 4.53. The maximum Gasteiger partial charge on any atom is 0.143 e. The Kier molecular flexibility index (Phi) is 3.81. The summed E-state index contributed by atoms with van der Waals surface area (Å²) in [6.07, 6.45) is 1.31. The molecule has 0 aliphatic rings. The third-order valence-electron chi connectivity index (χ3n) is 2.82. The molecule has 0 spiro atoms. The number of benzene rings is 2. The molecule has 0 amide bonds. The van der Waals surface area contributed by atoms with E-state index in [1.54, 1.807) is 0 Å². The van der Waals surface area contributed by atoms with Gasteiger partial charge in [0.15, 0.2) is 0 Å². The monoisotopic (exact) mass is 243 g/mol. The summed E-state index contributed by atoms with van der Waals surface area (Å²) in [6.45, 7) is 3.85. The molecule has 0 saturated carbocycles. The minimum atomic E-state index is -2.49. The van der Waals surface area contributed by atoms with E-state index < -0.39 is 7.14 Å². The van der Waals surface area contributed by atoms with Gasteiger partial charge in [0.1, 0.15) is 7.14 Å². The number of hydrogen-bond acceptors (Lipinski definition) is 1. The van der Waals surface area contributed by atoms with Gasteiger partial charge in [-0.3, -0.25) is 0 Å². The molecule has 0 aromatic heterocycles. The van der Waals surface area contributed by atoms with E-state index in [2.05, 4.69) is 6.92 Å². The van der Waals surface area contributed by atoms with Crippen molar-refractivity contribution in [3.8, 4) is 0 Å². The average Bonchev–Trinajstić information content (AvgIpc) is 2.41. The van der Waals surface area contributed by atoms with Crippen molar-refractivity contribution < 1.29 is 4.57 Å². The van der Waals surface area contributed by atoms with E-state index in [4.69, 9.17) is 0 Å². The molecule has 0 bridgehead atoms. The molecule has 1 radical (unpaired) electrons. The van der Waals surface area contributed by atoms with Crippen molar-refractivity contribution in [2.24, 2.45) is 0 Å². The zero-order valence-corrected chi connectivity index (χ0v) is 10.6. The normalized spacial score (nSPS) is 11.4. The van der Waals surface area contributed by atoms with Gasteiger partial charge in [-0.05, 0) is 6.42 Å². The summed E-state index contributed by atoms with van der Waals surface area (Å²) < 4.78 is 13.2. The highest BCUT2D eigenvalue weighted by molar-refractivity contribution is 7.78. The summed E-state index contributed by atoms with van der Waals surface area (Å²) in [4.78, 5) is 0. The van der Waals surface area contributed by atoms with Crippen LogP contribution in [0.1, 0.15) is 6.42 Å². The minimum absolute atomic E-state index is 0.626. The zero-order chi connectivity index (χ0) is 12.1. The predicted molar refractivity (Wildman–Crippen MR) is 74.6 cm³/mol. The van der Waals surface area contributed by atoms with Crippen molar-refractivity contribution >= 4 is 17.8 Å². The molecular weight excluding hydrogens is 227 g/mol. The third kappa shape index (κ3) is 2.50. The summed E-state index contributed by atoms with van der Waals surface area (Å²) in [5, 5.41) is 1.85. The fraction of sp³-hybridized carbons (Fsp3) is 0.133. The van der Waals surface area contributed by atoms with Crippen LogP contribution in [0.2, 0.25) is 0 Å². The van der Waals surface area contributed by atoms with Crippen LogP contribution in [-0.4, -0.2) is 6.16 Å². The lowest BCUT2D eigenvalue weighted by Gasteiger charge is -2.18.